The second-order valence-corrected chi connectivity index (χ2v) is 4.41. The van der Waals surface area contributed by atoms with Crippen LogP contribution in [-0.4, -0.2) is 19.3 Å². The normalized spacial score (nSPS) is 19.6. The fourth-order valence-electron chi connectivity index (χ4n) is 2.15. The van der Waals surface area contributed by atoms with E-state index in [4.69, 9.17) is 20.9 Å². The van der Waals surface area contributed by atoms with Gasteiger partial charge in [-0.1, -0.05) is 0 Å². The lowest BCUT2D eigenvalue weighted by molar-refractivity contribution is 0.254. The summed E-state index contributed by atoms with van der Waals surface area (Å²) in [7, 11) is 0. The summed E-state index contributed by atoms with van der Waals surface area (Å²) in [6.07, 6.45) is 1.15. The van der Waals surface area contributed by atoms with Crippen molar-refractivity contribution in [3.63, 3.8) is 0 Å². The molecule has 4 heteroatoms. The third kappa shape index (κ3) is 2.37. The molecule has 94 valence electrons. The highest BCUT2D eigenvalue weighted by Gasteiger charge is 2.23. The van der Waals surface area contributed by atoms with Gasteiger partial charge in [0.15, 0.2) is 0 Å². The lowest BCUT2D eigenvalue weighted by Crippen LogP contribution is -2.21. The number of ether oxygens (including phenoxy) is 2. The molecule has 0 aliphatic carbocycles. The third-order valence-electron chi connectivity index (χ3n) is 2.98. The van der Waals surface area contributed by atoms with E-state index in [1.165, 1.54) is 5.56 Å². The number of fused-ring (bicyclic) bond motifs is 1. The maximum absolute atomic E-state index is 5.99. The molecule has 17 heavy (non-hydrogen) atoms. The Hall–Kier alpha value is -1.26. The number of hydrogen-bond acceptors (Lipinski definition) is 4. The van der Waals surface area contributed by atoms with Crippen LogP contribution in [0.3, 0.4) is 0 Å². The van der Waals surface area contributed by atoms with E-state index in [1.54, 1.807) is 0 Å². The van der Waals surface area contributed by atoms with Crippen LogP contribution in [0.5, 0.6) is 11.5 Å². The molecule has 2 atom stereocenters. The number of hydrogen-bond donors (Lipinski definition) is 2. The largest absolute Gasteiger partial charge is 0.494 e. The smallest absolute Gasteiger partial charge is 0.124 e. The fourth-order valence-corrected chi connectivity index (χ4v) is 2.15. The van der Waals surface area contributed by atoms with Crippen molar-refractivity contribution >= 4 is 0 Å². The van der Waals surface area contributed by atoms with E-state index in [0.717, 1.165) is 23.5 Å². The molecule has 0 fully saturated rings. The molecule has 4 nitrogen and oxygen atoms in total. The average Bonchev–Trinajstić information content (AvgIpc) is 2.66. The molecular weight excluding hydrogens is 216 g/mol. The first-order valence-corrected chi connectivity index (χ1v) is 6.07. The Morgan fingerprint density at radius 2 is 2.29 bits per heavy atom. The lowest BCUT2D eigenvalue weighted by Gasteiger charge is -2.16. The quantitative estimate of drug-likeness (QED) is 0.828. The van der Waals surface area contributed by atoms with Gasteiger partial charge >= 0.3 is 0 Å². The van der Waals surface area contributed by atoms with Gasteiger partial charge in [0.1, 0.15) is 17.6 Å². The van der Waals surface area contributed by atoms with E-state index in [1.807, 2.05) is 19.1 Å². The molecule has 0 aromatic heterocycles. The van der Waals surface area contributed by atoms with Gasteiger partial charge in [-0.2, -0.15) is 0 Å². The Kier molecular flexibility index (Phi) is 3.54. The predicted octanol–water partition coefficient (Wildman–Crippen LogP) is 1.37. The minimum absolute atomic E-state index is 0.207. The zero-order chi connectivity index (χ0) is 12.4. The highest BCUT2D eigenvalue weighted by molar-refractivity contribution is 5.50. The molecule has 4 N–H and O–H groups in total. The van der Waals surface area contributed by atoms with Crippen LogP contribution in [0, 0.1) is 0 Å². The highest BCUT2D eigenvalue weighted by Crippen LogP contribution is 2.36. The molecule has 0 amide bonds. The van der Waals surface area contributed by atoms with Gasteiger partial charge in [-0.05, 0) is 26.0 Å². The molecule has 1 aromatic carbocycles. The Bertz CT molecular complexity index is 407. The first-order chi connectivity index (χ1) is 8.15. The topological polar surface area (TPSA) is 70.5 Å². The molecular formula is C13H20N2O2. The van der Waals surface area contributed by atoms with E-state index in [0.29, 0.717) is 13.2 Å². The minimum atomic E-state index is -0.207. The fraction of sp³-hybridized carbons (Fsp3) is 0.538. The van der Waals surface area contributed by atoms with Crippen LogP contribution < -0.4 is 20.9 Å². The van der Waals surface area contributed by atoms with Crippen LogP contribution in [0.2, 0.25) is 0 Å². The van der Waals surface area contributed by atoms with Gasteiger partial charge in [0.25, 0.3) is 0 Å². The first kappa shape index (κ1) is 12.2. The number of benzene rings is 1. The lowest BCUT2D eigenvalue weighted by atomic mass is 10.0. The van der Waals surface area contributed by atoms with Gasteiger partial charge in [0.05, 0.1) is 6.61 Å². The van der Waals surface area contributed by atoms with Crippen molar-refractivity contribution in [3.05, 3.63) is 23.3 Å². The van der Waals surface area contributed by atoms with Crippen molar-refractivity contribution in [3.8, 4) is 11.5 Å². The SMILES string of the molecule is CCOc1cc2c(cc1C(N)CN)OC(C)C2. The Morgan fingerprint density at radius 3 is 2.94 bits per heavy atom. The molecule has 0 bridgehead atoms. The molecule has 1 aliphatic heterocycles. The van der Waals surface area contributed by atoms with Crippen LogP contribution in [-0.2, 0) is 6.42 Å². The molecule has 2 unspecified atom stereocenters. The Morgan fingerprint density at radius 1 is 1.53 bits per heavy atom. The number of rotatable bonds is 4. The van der Waals surface area contributed by atoms with Crippen LogP contribution in [0.4, 0.5) is 0 Å². The predicted molar refractivity (Wildman–Crippen MR) is 67.4 cm³/mol. The summed E-state index contributed by atoms with van der Waals surface area (Å²) in [5.41, 5.74) is 13.7. The van der Waals surface area contributed by atoms with Crippen molar-refractivity contribution in [2.75, 3.05) is 13.2 Å². The van der Waals surface area contributed by atoms with Crippen LogP contribution >= 0.6 is 0 Å². The summed E-state index contributed by atoms with van der Waals surface area (Å²) in [5, 5.41) is 0. The second kappa shape index (κ2) is 4.94. The first-order valence-electron chi connectivity index (χ1n) is 6.07. The third-order valence-corrected chi connectivity index (χ3v) is 2.98. The van der Waals surface area contributed by atoms with Crippen LogP contribution in [0.25, 0.3) is 0 Å². The zero-order valence-electron chi connectivity index (χ0n) is 10.4. The van der Waals surface area contributed by atoms with Gasteiger partial charge < -0.3 is 20.9 Å². The summed E-state index contributed by atoms with van der Waals surface area (Å²) >= 11 is 0. The van der Waals surface area contributed by atoms with Gasteiger partial charge in [0.2, 0.25) is 0 Å². The van der Waals surface area contributed by atoms with Crippen LogP contribution in [0.15, 0.2) is 12.1 Å². The van der Waals surface area contributed by atoms with Gasteiger partial charge in [-0.3, -0.25) is 0 Å². The van der Waals surface area contributed by atoms with Crippen molar-refractivity contribution in [2.24, 2.45) is 11.5 Å². The molecule has 0 radical (unpaired) electrons. The number of nitrogens with two attached hydrogens (primary N) is 2. The van der Waals surface area contributed by atoms with Gasteiger partial charge in [-0.15, -0.1) is 0 Å². The van der Waals surface area contributed by atoms with Crippen molar-refractivity contribution in [2.45, 2.75) is 32.4 Å². The van der Waals surface area contributed by atoms with Crippen molar-refractivity contribution in [1.82, 2.24) is 0 Å². The Labute approximate surface area is 102 Å². The zero-order valence-corrected chi connectivity index (χ0v) is 10.4. The van der Waals surface area contributed by atoms with Crippen molar-refractivity contribution < 1.29 is 9.47 Å². The summed E-state index contributed by atoms with van der Waals surface area (Å²) in [6.45, 7) is 5.04. The molecule has 1 aliphatic rings. The molecule has 2 rings (SSSR count). The van der Waals surface area contributed by atoms with Crippen molar-refractivity contribution in [1.29, 1.82) is 0 Å². The molecule has 0 spiro atoms. The van der Waals surface area contributed by atoms with E-state index in [-0.39, 0.29) is 12.1 Å². The standard InChI is InChI=1S/C13H20N2O2/c1-3-16-13-5-9-4-8(2)17-12(9)6-10(13)11(15)7-14/h5-6,8,11H,3-4,7,14-15H2,1-2H3. The van der Waals surface area contributed by atoms with E-state index in [2.05, 4.69) is 6.92 Å². The van der Waals surface area contributed by atoms with E-state index in [9.17, 15) is 0 Å². The molecule has 1 heterocycles. The summed E-state index contributed by atoms with van der Waals surface area (Å²) in [4.78, 5) is 0. The molecule has 0 saturated heterocycles. The minimum Gasteiger partial charge on any atom is -0.494 e. The van der Waals surface area contributed by atoms with Gasteiger partial charge in [-0.25, -0.2) is 0 Å². The molecule has 1 aromatic rings. The highest BCUT2D eigenvalue weighted by atomic mass is 16.5. The van der Waals surface area contributed by atoms with E-state index >= 15 is 0 Å². The second-order valence-electron chi connectivity index (χ2n) is 4.41. The maximum Gasteiger partial charge on any atom is 0.124 e. The monoisotopic (exact) mass is 236 g/mol. The summed E-state index contributed by atoms with van der Waals surface area (Å²) in [5.74, 6) is 1.75. The Balaban J connectivity index is 2.39. The summed E-state index contributed by atoms with van der Waals surface area (Å²) in [6, 6.07) is 3.80. The van der Waals surface area contributed by atoms with E-state index < -0.39 is 0 Å². The maximum atomic E-state index is 5.99. The molecule has 0 saturated carbocycles. The summed E-state index contributed by atoms with van der Waals surface area (Å²) < 4.78 is 11.4. The van der Waals surface area contributed by atoms with Gasteiger partial charge in [0, 0.05) is 30.1 Å². The average molecular weight is 236 g/mol. The van der Waals surface area contributed by atoms with Crippen LogP contribution in [0.1, 0.15) is 31.0 Å².